The third kappa shape index (κ3) is 3.85. The SMILES string of the molecule is O=C1CC(S(=O)(=O)Cl)CN1Cc1ccc(C(F)(F)F)nc1. The molecule has 10 heteroatoms. The zero-order valence-corrected chi connectivity index (χ0v) is 12.0. The summed E-state index contributed by atoms with van der Waals surface area (Å²) in [4.78, 5) is 16.2. The normalized spacial score (nSPS) is 20.1. The molecule has 1 atom stereocenters. The van der Waals surface area contributed by atoms with Gasteiger partial charge in [0.2, 0.25) is 15.0 Å². The molecule has 5 nitrogen and oxygen atoms in total. The fraction of sp³-hybridized carbons (Fsp3) is 0.455. The highest BCUT2D eigenvalue weighted by Crippen LogP contribution is 2.28. The standard InChI is InChI=1S/C11H10ClF3N2O3S/c12-21(19,20)8-3-10(18)17(6-8)5-7-1-2-9(16-4-7)11(13,14)15/h1-2,4,8H,3,5-6H2. The Bertz CT molecular complexity index is 646. The van der Waals surface area contributed by atoms with Crippen LogP contribution in [0.15, 0.2) is 18.3 Å². The smallest absolute Gasteiger partial charge is 0.337 e. The summed E-state index contributed by atoms with van der Waals surface area (Å²) < 4.78 is 59.4. The highest BCUT2D eigenvalue weighted by atomic mass is 35.7. The molecule has 1 aliphatic rings. The molecule has 0 N–H and O–H groups in total. The van der Waals surface area contributed by atoms with Gasteiger partial charge in [-0.05, 0) is 11.6 Å². The summed E-state index contributed by atoms with van der Waals surface area (Å²) >= 11 is 0. The number of likely N-dealkylation sites (tertiary alicyclic amines) is 1. The van der Waals surface area contributed by atoms with E-state index < -0.39 is 32.1 Å². The molecule has 0 bridgehead atoms. The topological polar surface area (TPSA) is 67.3 Å². The van der Waals surface area contributed by atoms with E-state index in [-0.39, 0.29) is 19.5 Å². The van der Waals surface area contributed by atoms with Crippen LogP contribution in [0.3, 0.4) is 0 Å². The van der Waals surface area contributed by atoms with Crippen LogP contribution in [0, 0.1) is 0 Å². The molecular weight excluding hydrogens is 333 g/mol. The number of aromatic nitrogens is 1. The van der Waals surface area contributed by atoms with Crippen molar-refractivity contribution in [1.29, 1.82) is 0 Å². The van der Waals surface area contributed by atoms with Gasteiger partial charge < -0.3 is 4.90 Å². The van der Waals surface area contributed by atoms with Crippen LogP contribution in [0.25, 0.3) is 0 Å². The third-order valence-corrected chi connectivity index (χ3v) is 4.93. The van der Waals surface area contributed by atoms with Crippen molar-refractivity contribution in [2.45, 2.75) is 24.4 Å². The molecule has 0 saturated carbocycles. The molecule has 0 aromatic carbocycles. The third-order valence-electron chi connectivity index (χ3n) is 3.07. The van der Waals surface area contributed by atoms with Gasteiger partial charge in [0.15, 0.2) is 0 Å². The lowest BCUT2D eigenvalue weighted by molar-refractivity contribution is -0.141. The van der Waals surface area contributed by atoms with E-state index in [0.29, 0.717) is 5.56 Å². The van der Waals surface area contributed by atoms with Crippen molar-refractivity contribution in [3.8, 4) is 0 Å². The molecule has 2 rings (SSSR count). The molecule has 1 aromatic heterocycles. The largest absolute Gasteiger partial charge is 0.433 e. The van der Waals surface area contributed by atoms with Crippen molar-refractivity contribution in [2.24, 2.45) is 0 Å². The van der Waals surface area contributed by atoms with E-state index in [1.807, 2.05) is 0 Å². The van der Waals surface area contributed by atoms with Gasteiger partial charge in [0.05, 0.1) is 0 Å². The number of pyridine rings is 1. The van der Waals surface area contributed by atoms with Crippen LogP contribution < -0.4 is 0 Å². The first-order valence-corrected chi connectivity index (χ1v) is 8.18. The number of nitrogens with zero attached hydrogens (tertiary/aromatic N) is 2. The zero-order chi connectivity index (χ0) is 15.8. The Balaban J connectivity index is 2.07. The molecule has 21 heavy (non-hydrogen) atoms. The van der Waals surface area contributed by atoms with E-state index in [1.165, 1.54) is 11.0 Å². The van der Waals surface area contributed by atoms with E-state index >= 15 is 0 Å². The maximum absolute atomic E-state index is 12.4. The molecule has 1 fully saturated rings. The molecular formula is C11H10ClF3N2O3S. The number of halogens is 4. The van der Waals surface area contributed by atoms with Crippen LogP contribution in [0.4, 0.5) is 13.2 Å². The number of alkyl halides is 3. The number of carbonyl (C=O) groups excluding carboxylic acids is 1. The Labute approximate surface area is 123 Å². The van der Waals surface area contributed by atoms with Crippen molar-refractivity contribution in [3.63, 3.8) is 0 Å². The van der Waals surface area contributed by atoms with Crippen LogP contribution in [0.2, 0.25) is 0 Å². The predicted molar refractivity (Wildman–Crippen MR) is 67.8 cm³/mol. The van der Waals surface area contributed by atoms with E-state index in [2.05, 4.69) is 4.98 Å². The molecule has 2 heterocycles. The Kier molecular flexibility index (Phi) is 4.16. The average Bonchev–Trinajstić information content (AvgIpc) is 2.70. The number of rotatable bonds is 3. The molecule has 0 spiro atoms. The van der Waals surface area contributed by atoms with Crippen molar-refractivity contribution < 1.29 is 26.4 Å². The Morgan fingerprint density at radius 1 is 1.38 bits per heavy atom. The maximum Gasteiger partial charge on any atom is 0.433 e. The summed E-state index contributed by atoms with van der Waals surface area (Å²) in [6.07, 6.45) is -3.74. The highest BCUT2D eigenvalue weighted by molar-refractivity contribution is 8.14. The van der Waals surface area contributed by atoms with Crippen LogP contribution >= 0.6 is 10.7 Å². The first-order chi connectivity index (χ1) is 9.57. The first-order valence-electron chi connectivity index (χ1n) is 5.81. The fourth-order valence-electron chi connectivity index (χ4n) is 1.98. The van der Waals surface area contributed by atoms with Crippen LogP contribution in [-0.4, -0.2) is 36.0 Å². The van der Waals surface area contributed by atoms with Gasteiger partial charge in [0.25, 0.3) is 0 Å². The Morgan fingerprint density at radius 3 is 2.48 bits per heavy atom. The van der Waals surface area contributed by atoms with Crippen molar-refractivity contribution in [3.05, 3.63) is 29.6 Å². The van der Waals surface area contributed by atoms with Gasteiger partial charge in [-0.25, -0.2) is 8.42 Å². The Morgan fingerprint density at radius 2 is 2.05 bits per heavy atom. The molecule has 1 unspecified atom stereocenters. The lowest BCUT2D eigenvalue weighted by Crippen LogP contribution is -2.26. The van der Waals surface area contributed by atoms with Crippen LogP contribution in [0.5, 0.6) is 0 Å². The van der Waals surface area contributed by atoms with Gasteiger partial charge in [0.1, 0.15) is 10.9 Å². The van der Waals surface area contributed by atoms with Crippen molar-refractivity contribution >= 4 is 25.6 Å². The fourth-order valence-corrected chi connectivity index (χ4v) is 3.04. The summed E-state index contributed by atoms with van der Waals surface area (Å²) in [5.41, 5.74) is -0.649. The second-order valence-electron chi connectivity index (χ2n) is 4.63. The molecule has 0 radical (unpaired) electrons. The lowest BCUT2D eigenvalue weighted by atomic mass is 10.2. The summed E-state index contributed by atoms with van der Waals surface area (Å²) in [7, 11) is 1.36. The van der Waals surface area contributed by atoms with Crippen LogP contribution in [-0.2, 0) is 26.6 Å². The molecule has 1 aromatic rings. The Hall–Kier alpha value is -1.35. The first kappa shape index (κ1) is 16.0. The van der Waals surface area contributed by atoms with Gasteiger partial charge in [0, 0.05) is 36.4 Å². The zero-order valence-electron chi connectivity index (χ0n) is 10.5. The molecule has 1 aliphatic heterocycles. The quantitative estimate of drug-likeness (QED) is 0.785. The summed E-state index contributed by atoms with van der Waals surface area (Å²) in [6, 6.07) is 2.01. The second kappa shape index (κ2) is 5.45. The van der Waals surface area contributed by atoms with Crippen LogP contribution in [0.1, 0.15) is 17.7 Å². The van der Waals surface area contributed by atoms with Gasteiger partial charge in [-0.3, -0.25) is 9.78 Å². The number of hydrogen-bond acceptors (Lipinski definition) is 4. The predicted octanol–water partition coefficient (Wildman–Crippen LogP) is 1.77. The van der Waals surface area contributed by atoms with Crippen molar-refractivity contribution in [2.75, 3.05) is 6.54 Å². The summed E-state index contributed by atoms with van der Waals surface area (Å²) in [6.45, 7) is -0.0848. The lowest BCUT2D eigenvalue weighted by Gasteiger charge is -2.16. The average molecular weight is 343 g/mol. The summed E-state index contributed by atoms with van der Waals surface area (Å²) in [5, 5.41) is -0.992. The minimum absolute atomic E-state index is 0.00706. The molecule has 1 saturated heterocycles. The summed E-state index contributed by atoms with van der Waals surface area (Å²) in [5.74, 6) is -0.413. The van der Waals surface area contributed by atoms with E-state index in [1.54, 1.807) is 0 Å². The number of hydrogen-bond donors (Lipinski definition) is 0. The van der Waals surface area contributed by atoms with Crippen molar-refractivity contribution in [1.82, 2.24) is 9.88 Å². The van der Waals surface area contributed by atoms with Gasteiger partial charge >= 0.3 is 6.18 Å². The minimum atomic E-state index is -4.53. The van der Waals surface area contributed by atoms with E-state index in [9.17, 15) is 26.4 Å². The second-order valence-corrected chi connectivity index (χ2v) is 7.53. The molecule has 0 aliphatic carbocycles. The maximum atomic E-state index is 12.4. The minimum Gasteiger partial charge on any atom is -0.337 e. The highest BCUT2D eigenvalue weighted by Gasteiger charge is 2.37. The van der Waals surface area contributed by atoms with Gasteiger partial charge in [-0.15, -0.1) is 0 Å². The molecule has 116 valence electrons. The van der Waals surface area contributed by atoms with Gasteiger partial charge in [-0.1, -0.05) is 6.07 Å². The van der Waals surface area contributed by atoms with E-state index in [0.717, 1.165) is 12.3 Å². The number of carbonyl (C=O) groups is 1. The monoisotopic (exact) mass is 342 g/mol. The van der Waals surface area contributed by atoms with Gasteiger partial charge in [-0.2, -0.15) is 13.2 Å². The number of amides is 1. The molecule has 1 amide bonds. The van der Waals surface area contributed by atoms with E-state index in [4.69, 9.17) is 10.7 Å².